The van der Waals surface area contributed by atoms with Crippen LogP contribution in [0, 0.1) is 0 Å². The highest BCUT2D eigenvalue weighted by atomic mass is 35.5. The number of carbonyl (C=O) groups is 1. The molecule has 0 saturated carbocycles. The molecule has 10 nitrogen and oxygen atoms in total. The van der Waals surface area contributed by atoms with Gasteiger partial charge >= 0.3 is 0 Å². The summed E-state index contributed by atoms with van der Waals surface area (Å²) in [6, 6.07) is 15.8. The van der Waals surface area contributed by atoms with Crippen LogP contribution in [0.1, 0.15) is 12.1 Å². The highest BCUT2D eigenvalue weighted by Gasteiger charge is 2.25. The Morgan fingerprint density at radius 1 is 0.974 bits per heavy atom. The first-order chi connectivity index (χ1) is 18.5. The van der Waals surface area contributed by atoms with Gasteiger partial charge in [0.05, 0.1) is 29.1 Å². The van der Waals surface area contributed by atoms with E-state index in [9.17, 15) is 21.6 Å². The van der Waals surface area contributed by atoms with Crippen LogP contribution in [0.2, 0.25) is 5.02 Å². The van der Waals surface area contributed by atoms with Gasteiger partial charge in [-0.2, -0.15) is 0 Å². The Kier molecular flexibility index (Phi) is 7.55. The molecule has 1 saturated heterocycles. The summed E-state index contributed by atoms with van der Waals surface area (Å²) >= 11 is 6.01. The minimum atomic E-state index is -3.63. The molecule has 0 atom stereocenters. The second-order valence-corrected chi connectivity index (χ2v) is 13.9. The van der Waals surface area contributed by atoms with Crippen LogP contribution in [0.3, 0.4) is 0 Å². The molecule has 4 aromatic rings. The van der Waals surface area contributed by atoms with Crippen molar-refractivity contribution in [1.82, 2.24) is 19.0 Å². The van der Waals surface area contributed by atoms with Crippen molar-refractivity contribution in [3.8, 4) is 0 Å². The maximum absolute atomic E-state index is 12.9. The predicted molar refractivity (Wildman–Crippen MR) is 151 cm³/mol. The lowest BCUT2D eigenvalue weighted by Crippen LogP contribution is -2.49. The molecule has 39 heavy (non-hydrogen) atoms. The maximum Gasteiger partial charge on any atom is 0.223 e. The topological polar surface area (TPSA) is 121 Å². The summed E-state index contributed by atoms with van der Waals surface area (Å²) in [5.41, 5.74) is 1.29. The Morgan fingerprint density at radius 3 is 2.44 bits per heavy atom. The van der Waals surface area contributed by atoms with Crippen LogP contribution in [0.15, 0.2) is 65.7 Å². The SMILES string of the molecule is CS(=O)(=O)NCc1cn2c(N3CCN(C(=O)CCS(=O)(=O)c4ccc5cc(Cl)ccc5c4)CC3)cccc2n1. The van der Waals surface area contributed by atoms with Crippen LogP contribution in [-0.2, 0) is 31.2 Å². The molecule has 1 aliphatic rings. The van der Waals surface area contributed by atoms with Crippen molar-refractivity contribution in [2.45, 2.75) is 17.9 Å². The third-order valence-corrected chi connectivity index (χ3v) is 9.33. The molecule has 3 heterocycles. The Bertz CT molecular complexity index is 1760. The molecule has 13 heteroatoms. The van der Waals surface area contributed by atoms with Gasteiger partial charge < -0.3 is 9.80 Å². The van der Waals surface area contributed by atoms with E-state index >= 15 is 0 Å². The van der Waals surface area contributed by atoms with Gasteiger partial charge in [-0.25, -0.2) is 26.5 Å². The van der Waals surface area contributed by atoms with Crippen molar-refractivity contribution >= 4 is 59.6 Å². The Balaban J connectivity index is 1.20. The number of sulfone groups is 1. The highest BCUT2D eigenvalue weighted by molar-refractivity contribution is 7.91. The van der Waals surface area contributed by atoms with Crippen LogP contribution in [0.5, 0.6) is 0 Å². The van der Waals surface area contributed by atoms with Crippen LogP contribution in [-0.4, -0.2) is 75.2 Å². The summed E-state index contributed by atoms with van der Waals surface area (Å²) in [4.78, 5) is 21.4. The van der Waals surface area contributed by atoms with E-state index in [0.717, 1.165) is 22.8 Å². The van der Waals surface area contributed by atoms with Gasteiger partial charge in [0.15, 0.2) is 9.84 Å². The van der Waals surface area contributed by atoms with Crippen molar-refractivity contribution in [2.75, 3.05) is 43.1 Å². The first-order valence-electron chi connectivity index (χ1n) is 12.3. The quantitative estimate of drug-likeness (QED) is 0.335. The fraction of sp³-hybridized carbons (Fsp3) is 0.308. The van der Waals surface area contributed by atoms with Crippen molar-refractivity contribution in [3.05, 3.63) is 71.5 Å². The summed E-state index contributed by atoms with van der Waals surface area (Å²) in [5, 5.41) is 2.20. The minimum absolute atomic E-state index is 0.0885. The lowest BCUT2D eigenvalue weighted by molar-refractivity contribution is -0.131. The minimum Gasteiger partial charge on any atom is -0.354 e. The number of hydrogen-bond acceptors (Lipinski definition) is 7. The number of sulfonamides is 1. The zero-order valence-electron chi connectivity index (χ0n) is 21.2. The molecule has 1 amide bonds. The fourth-order valence-corrected chi connectivity index (χ4v) is 6.52. The van der Waals surface area contributed by atoms with Gasteiger partial charge in [0.2, 0.25) is 15.9 Å². The lowest BCUT2D eigenvalue weighted by atomic mass is 10.1. The molecular formula is C26H28ClN5O5S2. The number of amides is 1. The molecule has 1 aliphatic heterocycles. The predicted octanol–water partition coefficient (Wildman–Crippen LogP) is 2.70. The molecule has 0 unspecified atom stereocenters. The standard InChI is InChI=1S/C26H28ClN5O5S2/c1-38(34,35)28-17-22-18-32-24(29-22)3-2-4-25(32)30-10-12-31(13-11-30)26(33)9-14-39(36,37)23-8-6-19-15-21(27)7-5-20(19)16-23/h2-8,15-16,18,28H,9-14,17H2,1H3. The van der Waals surface area contributed by atoms with E-state index in [1.807, 2.05) is 22.6 Å². The molecule has 0 bridgehead atoms. The number of fused-ring (bicyclic) bond motifs is 2. The second kappa shape index (κ2) is 10.8. The highest BCUT2D eigenvalue weighted by Crippen LogP contribution is 2.24. The zero-order valence-corrected chi connectivity index (χ0v) is 23.6. The molecule has 5 rings (SSSR count). The van der Waals surface area contributed by atoms with E-state index < -0.39 is 19.9 Å². The molecule has 2 aromatic heterocycles. The molecule has 1 N–H and O–H groups in total. The Hall–Kier alpha value is -3.19. The summed E-state index contributed by atoms with van der Waals surface area (Å²) in [6.07, 6.45) is 2.81. The molecule has 0 aliphatic carbocycles. The number of aromatic nitrogens is 2. The number of carbonyl (C=O) groups excluding carboxylic acids is 1. The number of pyridine rings is 1. The number of hydrogen-bond donors (Lipinski definition) is 1. The van der Waals surface area contributed by atoms with Gasteiger partial charge in [-0.15, -0.1) is 0 Å². The number of imidazole rings is 1. The van der Waals surface area contributed by atoms with E-state index in [1.165, 1.54) is 0 Å². The van der Waals surface area contributed by atoms with Crippen LogP contribution >= 0.6 is 11.6 Å². The number of piperazine rings is 1. The van der Waals surface area contributed by atoms with Crippen molar-refractivity contribution in [2.24, 2.45) is 0 Å². The third-order valence-electron chi connectivity index (χ3n) is 6.71. The second-order valence-electron chi connectivity index (χ2n) is 9.53. The van der Waals surface area contributed by atoms with Crippen molar-refractivity contribution < 1.29 is 21.6 Å². The van der Waals surface area contributed by atoms with Gasteiger partial charge in [0.1, 0.15) is 11.5 Å². The Labute approximate surface area is 232 Å². The first-order valence-corrected chi connectivity index (χ1v) is 16.3. The first kappa shape index (κ1) is 27.4. The van der Waals surface area contributed by atoms with Gasteiger partial charge in [0.25, 0.3) is 0 Å². The van der Waals surface area contributed by atoms with Gasteiger partial charge in [0, 0.05) is 43.8 Å². The monoisotopic (exact) mass is 589 g/mol. The van der Waals surface area contributed by atoms with Crippen molar-refractivity contribution in [1.29, 1.82) is 0 Å². The van der Waals surface area contributed by atoms with Crippen molar-refractivity contribution in [3.63, 3.8) is 0 Å². The average molecular weight is 590 g/mol. The largest absolute Gasteiger partial charge is 0.354 e. The number of rotatable bonds is 8. The average Bonchev–Trinajstić information content (AvgIpc) is 3.33. The summed E-state index contributed by atoms with van der Waals surface area (Å²) in [5.74, 6) is 0.433. The van der Waals surface area contributed by atoms with E-state index in [1.54, 1.807) is 47.5 Å². The van der Waals surface area contributed by atoms with Gasteiger partial charge in [-0.3, -0.25) is 9.20 Å². The molecule has 206 valence electrons. The fourth-order valence-electron chi connectivity index (χ4n) is 4.67. The van der Waals surface area contributed by atoms with Gasteiger partial charge in [-0.05, 0) is 47.2 Å². The molecule has 2 aromatic carbocycles. The van der Waals surface area contributed by atoms with Crippen LogP contribution in [0.25, 0.3) is 16.4 Å². The summed E-state index contributed by atoms with van der Waals surface area (Å²) in [7, 11) is -6.96. The normalized spacial score (nSPS) is 14.8. The zero-order chi connectivity index (χ0) is 27.8. The number of anilines is 1. The van der Waals surface area contributed by atoms with E-state index in [-0.39, 0.29) is 29.5 Å². The molecule has 0 radical (unpaired) electrons. The maximum atomic E-state index is 12.9. The molecular weight excluding hydrogens is 562 g/mol. The lowest BCUT2D eigenvalue weighted by Gasteiger charge is -2.36. The van der Waals surface area contributed by atoms with E-state index in [0.29, 0.717) is 42.5 Å². The van der Waals surface area contributed by atoms with Gasteiger partial charge in [-0.1, -0.05) is 29.8 Å². The Morgan fingerprint density at radius 2 is 1.69 bits per heavy atom. The number of nitrogens with zero attached hydrogens (tertiary/aromatic N) is 4. The number of nitrogens with one attached hydrogen (secondary N) is 1. The smallest absolute Gasteiger partial charge is 0.223 e. The summed E-state index contributed by atoms with van der Waals surface area (Å²) in [6.45, 7) is 2.16. The third kappa shape index (κ3) is 6.35. The molecule has 1 fully saturated rings. The number of halogens is 1. The summed E-state index contributed by atoms with van der Waals surface area (Å²) < 4.78 is 53.1. The van der Waals surface area contributed by atoms with Crippen LogP contribution < -0.4 is 9.62 Å². The van der Waals surface area contributed by atoms with E-state index in [4.69, 9.17) is 11.6 Å². The van der Waals surface area contributed by atoms with E-state index in [2.05, 4.69) is 14.6 Å². The van der Waals surface area contributed by atoms with Crippen LogP contribution in [0.4, 0.5) is 5.82 Å². The number of benzene rings is 2. The molecule has 0 spiro atoms.